The maximum atomic E-state index is 12.1. The van der Waals surface area contributed by atoms with Crippen molar-refractivity contribution in [1.82, 2.24) is 0 Å². The van der Waals surface area contributed by atoms with Gasteiger partial charge in [-0.05, 0) is 23.6 Å². The van der Waals surface area contributed by atoms with E-state index in [2.05, 4.69) is 10.0 Å². The van der Waals surface area contributed by atoms with Crippen LogP contribution in [0.15, 0.2) is 35.7 Å². The van der Waals surface area contributed by atoms with Crippen LogP contribution in [-0.2, 0) is 19.6 Å². The smallest absolute Gasteiger partial charge is 0.340 e. The number of carbonyl (C=O) groups excluding carboxylic acids is 2. The van der Waals surface area contributed by atoms with Gasteiger partial charge in [-0.2, -0.15) is 5.26 Å². The first-order valence-corrected chi connectivity index (χ1v) is 9.58. The SMILES string of the molecule is CS(=O)(=O)Nc1ccccc1C(=O)OCC(=O)Nc1sccc1C#N. The van der Waals surface area contributed by atoms with Crippen molar-refractivity contribution in [2.24, 2.45) is 0 Å². The molecule has 25 heavy (non-hydrogen) atoms. The predicted molar refractivity (Wildman–Crippen MR) is 92.9 cm³/mol. The molecule has 1 aromatic carbocycles. The van der Waals surface area contributed by atoms with Crippen molar-refractivity contribution >= 4 is 43.9 Å². The quantitative estimate of drug-likeness (QED) is 0.737. The first kappa shape index (κ1) is 18.4. The molecule has 0 saturated heterocycles. The van der Waals surface area contributed by atoms with Crippen molar-refractivity contribution < 1.29 is 22.7 Å². The van der Waals surface area contributed by atoms with E-state index in [0.717, 1.165) is 6.26 Å². The van der Waals surface area contributed by atoms with Crippen molar-refractivity contribution in [2.75, 3.05) is 22.9 Å². The molecule has 2 N–H and O–H groups in total. The fourth-order valence-corrected chi connectivity index (χ4v) is 3.15. The molecule has 0 atom stereocenters. The van der Waals surface area contributed by atoms with Crippen LogP contribution >= 0.6 is 11.3 Å². The molecule has 130 valence electrons. The summed E-state index contributed by atoms with van der Waals surface area (Å²) in [6.07, 6.45) is 0.955. The Morgan fingerprint density at radius 3 is 2.68 bits per heavy atom. The summed E-state index contributed by atoms with van der Waals surface area (Å²) in [6, 6.07) is 9.35. The van der Waals surface area contributed by atoms with Crippen LogP contribution in [0.3, 0.4) is 0 Å². The molecule has 1 amide bonds. The van der Waals surface area contributed by atoms with Crippen molar-refractivity contribution in [3.63, 3.8) is 0 Å². The molecule has 0 aliphatic carbocycles. The largest absolute Gasteiger partial charge is 0.452 e. The summed E-state index contributed by atoms with van der Waals surface area (Å²) in [7, 11) is -3.57. The molecule has 0 unspecified atom stereocenters. The van der Waals surface area contributed by atoms with E-state index in [1.807, 2.05) is 6.07 Å². The van der Waals surface area contributed by atoms with Crippen molar-refractivity contribution in [1.29, 1.82) is 5.26 Å². The highest BCUT2D eigenvalue weighted by atomic mass is 32.2. The van der Waals surface area contributed by atoms with E-state index in [1.165, 1.54) is 29.5 Å². The second kappa shape index (κ2) is 7.78. The number of hydrogen-bond donors (Lipinski definition) is 2. The second-order valence-corrected chi connectivity index (χ2v) is 7.48. The molecule has 8 nitrogen and oxygen atoms in total. The number of carbonyl (C=O) groups is 2. The average molecular weight is 379 g/mol. The highest BCUT2D eigenvalue weighted by Crippen LogP contribution is 2.22. The van der Waals surface area contributed by atoms with Gasteiger partial charge in [0.15, 0.2) is 6.61 Å². The molecular formula is C15H13N3O5S2. The van der Waals surface area contributed by atoms with Crippen molar-refractivity contribution in [3.05, 3.63) is 46.8 Å². The monoisotopic (exact) mass is 379 g/mol. The second-order valence-electron chi connectivity index (χ2n) is 4.82. The number of hydrogen-bond acceptors (Lipinski definition) is 7. The van der Waals surface area contributed by atoms with Crippen molar-refractivity contribution in [2.45, 2.75) is 0 Å². The molecule has 0 radical (unpaired) electrons. The Hall–Kier alpha value is -2.90. The summed E-state index contributed by atoms with van der Waals surface area (Å²) >= 11 is 1.17. The fourth-order valence-electron chi connectivity index (χ4n) is 1.82. The van der Waals surface area contributed by atoms with Gasteiger partial charge in [0.1, 0.15) is 11.1 Å². The van der Waals surface area contributed by atoms with E-state index < -0.39 is 28.5 Å². The summed E-state index contributed by atoms with van der Waals surface area (Å²) < 4.78 is 29.8. The number of anilines is 2. The summed E-state index contributed by atoms with van der Waals surface area (Å²) in [5, 5.41) is 13.4. The third kappa shape index (κ3) is 5.30. The molecule has 0 aliphatic rings. The third-order valence-electron chi connectivity index (χ3n) is 2.82. The third-order valence-corrected chi connectivity index (χ3v) is 4.24. The van der Waals surface area contributed by atoms with E-state index in [-0.39, 0.29) is 11.3 Å². The van der Waals surface area contributed by atoms with Crippen LogP contribution in [0.5, 0.6) is 0 Å². The lowest BCUT2D eigenvalue weighted by Gasteiger charge is -2.10. The molecule has 0 bridgehead atoms. The number of sulfonamides is 1. The van der Waals surface area contributed by atoms with Gasteiger partial charge in [-0.1, -0.05) is 12.1 Å². The number of thiophene rings is 1. The Balaban J connectivity index is 2.01. The Morgan fingerprint density at radius 2 is 2.00 bits per heavy atom. The molecule has 10 heteroatoms. The van der Waals surface area contributed by atoms with Crippen LogP contribution in [0.4, 0.5) is 10.7 Å². The molecule has 1 heterocycles. The number of esters is 1. The molecule has 0 fully saturated rings. The number of ether oxygens (including phenoxy) is 1. The van der Waals surface area contributed by atoms with Gasteiger partial charge in [-0.25, -0.2) is 13.2 Å². The van der Waals surface area contributed by atoms with Gasteiger partial charge in [-0.15, -0.1) is 11.3 Å². The summed E-state index contributed by atoms with van der Waals surface area (Å²) in [6.45, 7) is -0.575. The molecule has 0 spiro atoms. The van der Waals surface area contributed by atoms with Gasteiger partial charge >= 0.3 is 5.97 Å². The zero-order valence-electron chi connectivity index (χ0n) is 13.0. The van der Waals surface area contributed by atoms with E-state index in [4.69, 9.17) is 10.00 Å². The average Bonchev–Trinajstić information content (AvgIpc) is 2.98. The van der Waals surface area contributed by atoms with Crippen molar-refractivity contribution in [3.8, 4) is 6.07 Å². The predicted octanol–water partition coefficient (Wildman–Crippen LogP) is 1.79. The molecule has 2 rings (SSSR count). The van der Waals surface area contributed by atoms with Gasteiger partial charge < -0.3 is 10.1 Å². The lowest BCUT2D eigenvalue weighted by atomic mass is 10.2. The minimum atomic E-state index is -3.57. The lowest BCUT2D eigenvalue weighted by molar-refractivity contribution is -0.119. The fraction of sp³-hybridized carbons (Fsp3) is 0.133. The first-order valence-electron chi connectivity index (χ1n) is 6.81. The Bertz CT molecular complexity index is 944. The molecule has 0 aliphatic heterocycles. The number of nitriles is 1. The number of nitrogens with one attached hydrogen (secondary N) is 2. The van der Waals surface area contributed by atoms with Crippen LogP contribution in [0, 0.1) is 11.3 Å². The molecule has 2 aromatic rings. The Morgan fingerprint density at radius 1 is 1.28 bits per heavy atom. The van der Waals surface area contributed by atoms with Crippen LogP contribution in [-0.4, -0.2) is 33.2 Å². The zero-order valence-corrected chi connectivity index (χ0v) is 14.6. The van der Waals surface area contributed by atoms with Gasteiger partial charge in [0.2, 0.25) is 10.0 Å². The Kier molecular flexibility index (Phi) is 5.74. The molecular weight excluding hydrogens is 366 g/mol. The highest BCUT2D eigenvalue weighted by Gasteiger charge is 2.17. The normalized spacial score (nSPS) is 10.6. The minimum Gasteiger partial charge on any atom is -0.452 e. The van der Waals surface area contributed by atoms with Crippen LogP contribution in [0.1, 0.15) is 15.9 Å². The summed E-state index contributed by atoms with van der Waals surface area (Å²) in [5.74, 6) is -1.46. The van der Waals surface area contributed by atoms with Crippen LogP contribution in [0.2, 0.25) is 0 Å². The minimum absolute atomic E-state index is 0.0189. The first-order chi connectivity index (χ1) is 11.8. The van der Waals surface area contributed by atoms with Crippen LogP contribution in [0.25, 0.3) is 0 Å². The highest BCUT2D eigenvalue weighted by molar-refractivity contribution is 7.92. The topological polar surface area (TPSA) is 125 Å². The van der Waals surface area contributed by atoms with E-state index in [1.54, 1.807) is 17.5 Å². The van der Waals surface area contributed by atoms with Gasteiger partial charge in [-0.3, -0.25) is 9.52 Å². The van der Waals surface area contributed by atoms with E-state index >= 15 is 0 Å². The number of amides is 1. The summed E-state index contributed by atoms with van der Waals surface area (Å²) in [4.78, 5) is 23.9. The van der Waals surface area contributed by atoms with Gasteiger partial charge in [0.25, 0.3) is 5.91 Å². The maximum Gasteiger partial charge on any atom is 0.340 e. The van der Waals surface area contributed by atoms with Gasteiger partial charge in [0.05, 0.1) is 23.1 Å². The van der Waals surface area contributed by atoms with E-state index in [9.17, 15) is 18.0 Å². The number of para-hydroxylation sites is 1. The zero-order chi connectivity index (χ0) is 18.4. The maximum absolute atomic E-state index is 12.1. The lowest BCUT2D eigenvalue weighted by Crippen LogP contribution is -2.21. The number of nitrogens with zero attached hydrogens (tertiary/aromatic N) is 1. The van der Waals surface area contributed by atoms with Crippen LogP contribution < -0.4 is 10.0 Å². The Labute approximate surface area is 148 Å². The van der Waals surface area contributed by atoms with Gasteiger partial charge in [0, 0.05) is 0 Å². The molecule has 1 aromatic heterocycles. The number of benzene rings is 1. The van der Waals surface area contributed by atoms with E-state index in [0.29, 0.717) is 10.6 Å². The standard InChI is InChI=1S/C15H13N3O5S2/c1-25(21,22)18-12-5-3-2-4-11(12)15(20)23-9-13(19)17-14-10(8-16)6-7-24-14/h2-7,18H,9H2,1H3,(H,17,19). The summed E-state index contributed by atoms with van der Waals surface area (Å²) in [5.41, 5.74) is 0.349. The number of rotatable bonds is 6. The molecule has 0 saturated carbocycles.